The summed E-state index contributed by atoms with van der Waals surface area (Å²) in [4.78, 5) is 8.96. The first-order valence-electron chi connectivity index (χ1n) is 4.29. The second-order valence-electron chi connectivity index (χ2n) is 3.40. The maximum absolute atomic E-state index is 5.81. The van der Waals surface area contributed by atoms with Crippen molar-refractivity contribution in [1.82, 2.24) is 9.97 Å². The molecule has 2 aromatic rings. The third-order valence-corrected chi connectivity index (χ3v) is 3.14. The number of hydrogen-bond donors (Lipinski definition) is 1. The van der Waals surface area contributed by atoms with E-state index in [4.69, 9.17) is 17.3 Å². The molecule has 0 saturated heterocycles. The summed E-state index contributed by atoms with van der Waals surface area (Å²) in [6.45, 7) is 4.24. The average Bonchev–Trinajstić information content (AvgIpc) is 2.47. The van der Waals surface area contributed by atoms with Crippen molar-refractivity contribution in [2.45, 2.75) is 19.8 Å². The minimum absolute atomic E-state index is 0.215. The normalized spacial score (nSPS) is 11.4. The smallest absolute Gasteiger partial charge is 0.225 e. The molecule has 0 aliphatic heterocycles. The monoisotopic (exact) mass is 227 g/mol. The number of nitrogens with zero attached hydrogens (tertiary/aromatic N) is 2. The van der Waals surface area contributed by atoms with E-state index in [0.29, 0.717) is 11.7 Å². The highest BCUT2D eigenvalue weighted by atomic mass is 35.5. The van der Waals surface area contributed by atoms with Gasteiger partial charge in [-0.1, -0.05) is 13.8 Å². The van der Waals surface area contributed by atoms with Crippen LogP contribution in [0.5, 0.6) is 0 Å². The maximum atomic E-state index is 5.81. The zero-order valence-corrected chi connectivity index (χ0v) is 9.49. The van der Waals surface area contributed by atoms with Crippen LogP contribution in [0.2, 0.25) is 5.28 Å². The summed E-state index contributed by atoms with van der Waals surface area (Å²) in [5.41, 5.74) is 7.00. The second-order valence-corrected chi connectivity index (χ2v) is 4.60. The van der Waals surface area contributed by atoms with Crippen molar-refractivity contribution in [2.75, 3.05) is 5.73 Å². The molecule has 2 aromatic heterocycles. The van der Waals surface area contributed by atoms with Crippen LogP contribution in [0.15, 0.2) is 5.38 Å². The number of rotatable bonds is 1. The van der Waals surface area contributed by atoms with Crippen LogP contribution in [0.3, 0.4) is 0 Å². The lowest BCUT2D eigenvalue weighted by Gasteiger charge is -2.03. The zero-order chi connectivity index (χ0) is 10.3. The van der Waals surface area contributed by atoms with Crippen LogP contribution in [-0.2, 0) is 0 Å². The molecule has 0 unspecified atom stereocenters. The van der Waals surface area contributed by atoms with Gasteiger partial charge >= 0.3 is 0 Å². The number of nitrogens with two attached hydrogens (primary N) is 1. The number of halogens is 1. The molecule has 0 fully saturated rings. The molecular formula is C9H10ClN3S. The summed E-state index contributed by atoms with van der Waals surface area (Å²) in [6.07, 6.45) is 0. The van der Waals surface area contributed by atoms with Gasteiger partial charge in [-0.25, -0.2) is 9.97 Å². The van der Waals surface area contributed by atoms with Gasteiger partial charge in [-0.05, 0) is 28.5 Å². The van der Waals surface area contributed by atoms with E-state index in [1.807, 2.05) is 0 Å². The van der Waals surface area contributed by atoms with E-state index in [2.05, 4.69) is 29.2 Å². The van der Waals surface area contributed by atoms with Gasteiger partial charge in [0, 0.05) is 0 Å². The topological polar surface area (TPSA) is 51.8 Å². The van der Waals surface area contributed by atoms with Crippen molar-refractivity contribution in [3.05, 3.63) is 16.2 Å². The predicted molar refractivity (Wildman–Crippen MR) is 60.9 cm³/mol. The van der Waals surface area contributed by atoms with Crippen LogP contribution >= 0.6 is 22.9 Å². The predicted octanol–water partition coefficient (Wildman–Crippen LogP) is 3.05. The largest absolute Gasteiger partial charge is 0.383 e. The van der Waals surface area contributed by atoms with Gasteiger partial charge in [-0.3, -0.25) is 0 Å². The zero-order valence-electron chi connectivity index (χ0n) is 7.91. The van der Waals surface area contributed by atoms with Crippen molar-refractivity contribution >= 4 is 39.0 Å². The minimum atomic E-state index is 0.215. The van der Waals surface area contributed by atoms with E-state index >= 15 is 0 Å². The molecule has 5 heteroatoms. The van der Waals surface area contributed by atoms with Crippen LogP contribution in [0.25, 0.3) is 10.2 Å². The second kappa shape index (κ2) is 3.37. The van der Waals surface area contributed by atoms with Crippen molar-refractivity contribution < 1.29 is 0 Å². The Hall–Kier alpha value is -0.870. The number of aromatic nitrogens is 2. The third-order valence-electron chi connectivity index (χ3n) is 2.08. The van der Waals surface area contributed by atoms with Crippen LogP contribution in [0, 0.1) is 0 Å². The number of fused-ring (bicyclic) bond motifs is 1. The Balaban J connectivity index is 2.79. The number of nitrogen functional groups attached to an aromatic ring is 1. The van der Waals surface area contributed by atoms with Crippen LogP contribution in [0.1, 0.15) is 25.3 Å². The molecule has 2 N–H and O–H groups in total. The van der Waals surface area contributed by atoms with E-state index in [9.17, 15) is 0 Å². The van der Waals surface area contributed by atoms with E-state index in [1.54, 1.807) is 11.3 Å². The fraction of sp³-hybridized carbons (Fsp3) is 0.333. The fourth-order valence-electron chi connectivity index (χ4n) is 1.39. The van der Waals surface area contributed by atoms with Crippen molar-refractivity contribution in [1.29, 1.82) is 0 Å². The number of thiophene rings is 1. The van der Waals surface area contributed by atoms with Crippen molar-refractivity contribution in [3.63, 3.8) is 0 Å². The molecule has 2 rings (SSSR count). The van der Waals surface area contributed by atoms with Gasteiger partial charge in [0.15, 0.2) is 0 Å². The summed E-state index contributed by atoms with van der Waals surface area (Å²) in [7, 11) is 0. The molecular weight excluding hydrogens is 218 g/mol. The van der Waals surface area contributed by atoms with E-state index < -0.39 is 0 Å². The summed E-state index contributed by atoms with van der Waals surface area (Å²) in [5.74, 6) is 0.903. The maximum Gasteiger partial charge on any atom is 0.225 e. The van der Waals surface area contributed by atoms with Gasteiger partial charge < -0.3 is 5.73 Å². The molecule has 0 saturated carbocycles. The molecule has 0 spiro atoms. The standard InChI is InChI=1S/C9H10ClN3S/c1-4(2)5-3-14-8-6(5)7(11)12-9(10)13-8/h3-4H,1-2H3,(H2,11,12,13). The van der Waals surface area contributed by atoms with Crippen molar-refractivity contribution in [2.24, 2.45) is 0 Å². The molecule has 3 nitrogen and oxygen atoms in total. The number of anilines is 1. The lowest BCUT2D eigenvalue weighted by Crippen LogP contribution is -1.95. The molecule has 0 bridgehead atoms. The van der Waals surface area contributed by atoms with Crippen LogP contribution in [-0.4, -0.2) is 9.97 Å². The summed E-state index contributed by atoms with van der Waals surface area (Å²) < 4.78 is 0. The average molecular weight is 228 g/mol. The molecule has 0 atom stereocenters. The molecule has 0 aliphatic carbocycles. The lowest BCUT2D eigenvalue weighted by atomic mass is 10.0. The van der Waals surface area contributed by atoms with Gasteiger partial charge in [0.05, 0.1) is 5.39 Å². The molecule has 14 heavy (non-hydrogen) atoms. The summed E-state index contributed by atoms with van der Waals surface area (Å²) in [5, 5.41) is 3.23. The van der Waals surface area contributed by atoms with Crippen LogP contribution in [0.4, 0.5) is 5.82 Å². The summed E-state index contributed by atoms with van der Waals surface area (Å²) in [6, 6.07) is 0. The highest BCUT2D eigenvalue weighted by Gasteiger charge is 2.13. The number of hydrogen-bond acceptors (Lipinski definition) is 4. The van der Waals surface area contributed by atoms with Crippen LogP contribution < -0.4 is 5.73 Å². The fourth-order valence-corrected chi connectivity index (χ4v) is 2.72. The van der Waals surface area contributed by atoms with Gasteiger partial charge in [0.1, 0.15) is 10.6 Å². The van der Waals surface area contributed by atoms with Crippen molar-refractivity contribution in [3.8, 4) is 0 Å². The molecule has 0 aliphatic rings. The first-order chi connectivity index (χ1) is 6.59. The Kier molecular flexibility index (Phi) is 2.33. The van der Waals surface area contributed by atoms with E-state index in [0.717, 1.165) is 10.2 Å². The Morgan fingerprint density at radius 1 is 1.43 bits per heavy atom. The molecule has 0 aromatic carbocycles. The SMILES string of the molecule is CC(C)c1csc2nc(Cl)nc(N)c12. The minimum Gasteiger partial charge on any atom is -0.383 e. The highest BCUT2D eigenvalue weighted by Crippen LogP contribution is 2.33. The molecule has 0 amide bonds. The third kappa shape index (κ3) is 1.44. The lowest BCUT2D eigenvalue weighted by molar-refractivity contribution is 0.880. The molecule has 2 heterocycles. The van der Waals surface area contributed by atoms with Gasteiger partial charge in [0.2, 0.25) is 5.28 Å². The van der Waals surface area contributed by atoms with Gasteiger partial charge in [-0.2, -0.15) is 0 Å². The Bertz CT molecular complexity index is 478. The Morgan fingerprint density at radius 2 is 2.14 bits per heavy atom. The molecule has 74 valence electrons. The first kappa shape index (κ1) is 9.68. The Labute approximate surface area is 90.9 Å². The van der Waals surface area contributed by atoms with E-state index in [-0.39, 0.29) is 5.28 Å². The Morgan fingerprint density at radius 3 is 2.79 bits per heavy atom. The first-order valence-corrected chi connectivity index (χ1v) is 5.55. The highest BCUT2D eigenvalue weighted by molar-refractivity contribution is 7.17. The molecule has 0 radical (unpaired) electrons. The van der Waals surface area contributed by atoms with E-state index in [1.165, 1.54) is 5.56 Å². The quantitative estimate of drug-likeness (QED) is 0.762. The summed E-state index contributed by atoms with van der Waals surface area (Å²) >= 11 is 7.27. The van der Waals surface area contributed by atoms with Gasteiger partial charge in [0.25, 0.3) is 0 Å². The van der Waals surface area contributed by atoms with Gasteiger partial charge in [-0.15, -0.1) is 11.3 Å².